The Hall–Kier alpha value is -3.22. The van der Waals surface area contributed by atoms with E-state index < -0.39 is 0 Å². The number of carbonyl (C=O) groups is 1. The fourth-order valence-corrected chi connectivity index (χ4v) is 3.19. The second-order valence-electron chi connectivity index (χ2n) is 6.63. The van der Waals surface area contributed by atoms with Crippen molar-refractivity contribution in [3.63, 3.8) is 0 Å². The van der Waals surface area contributed by atoms with E-state index >= 15 is 0 Å². The van der Waals surface area contributed by atoms with Crippen molar-refractivity contribution in [3.05, 3.63) is 60.1 Å². The molecular weight excluding hydrogens is 342 g/mol. The van der Waals surface area contributed by atoms with E-state index in [0.29, 0.717) is 5.82 Å². The molecule has 7 nitrogen and oxygen atoms in total. The van der Waals surface area contributed by atoms with Gasteiger partial charge in [-0.1, -0.05) is 35.5 Å². The zero-order valence-electron chi connectivity index (χ0n) is 15.1. The summed E-state index contributed by atoms with van der Waals surface area (Å²) in [4.78, 5) is 23.3. The third-order valence-corrected chi connectivity index (χ3v) is 4.70. The van der Waals surface area contributed by atoms with Crippen LogP contribution in [0.4, 0.5) is 5.82 Å². The number of aromatic nitrogens is 3. The molecule has 1 fully saturated rings. The maximum atomic E-state index is 12.4. The van der Waals surface area contributed by atoms with Crippen LogP contribution in [0.5, 0.6) is 0 Å². The number of benzene rings is 1. The molecule has 27 heavy (non-hydrogen) atoms. The van der Waals surface area contributed by atoms with Gasteiger partial charge in [0, 0.05) is 24.8 Å². The molecule has 2 aromatic heterocycles. The summed E-state index contributed by atoms with van der Waals surface area (Å²) >= 11 is 0. The van der Waals surface area contributed by atoms with Crippen molar-refractivity contribution in [2.24, 2.45) is 0 Å². The fourth-order valence-electron chi connectivity index (χ4n) is 3.19. The van der Waals surface area contributed by atoms with E-state index in [-0.39, 0.29) is 17.8 Å². The number of pyridine rings is 1. The van der Waals surface area contributed by atoms with Crippen LogP contribution in [-0.2, 0) is 0 Å². The van der Waals surface area contributed by atoms with Crippen molar-refractivity contribution in [3.8, 4) is 11.4 Å². The van der Waals surface area contributed by atoms with E-state index in [1.807, 2.05) is 49.4 Å². The monoisotopic (exact) mass is 363 g/mol. The van der Waals surface area contributed by atoms with Gasteiger partial charge in [-0.3, -0.25) is 4.79 Å². The summed E-state index contributed by atoms with van der Waals surface area (Å²) in [5.41, 5.74) is 1.79. The molecule has 3 heterocycles. The van der Waals surface area contributed by atoms with E-state index in [0.717, 1.165) is 30.0 Å². The number of hydrogen-bond acceptors (Lipinski definition) is 6. The molecule has 1 N–H and O–H groups in total. The lowest BCUT2D eigenvalue weighted by molar-refractivity contribution is 0.0895. The van der Waals surface area contributed by atoms with Gasteiger partial charge in [0.2, 0.25) is 5.82 Å². The van der Waals surface area contributed by atoms with Gasteiger partial charge in [-0.15, -0.1) is 0 Å². The normalized spacial score (nSPS) is 14.9. The second kappa shape index (κ2) is 7.57. The molecule has 0 radical (unpaired) electrons. The van der Waals surface area contributed by atoms with Gasteiger partial charge in [0.1, 0.15) is 5.82 Å². The summed E-state index contributed by atoms with van der Waals surface area (Å²) in [5, 5.41) is 6.84. The number of nitrogens with zero attached hydrogens (tertiary/aromatic N) is 4. The molecule has 1 amide bonds. The highest BCUT2D eigenvalue weighted by atomic mass is 16.5. The zero-order valence-corrected chi connectivity index (χ0v) is 15.1. The Labute approximate surface area is 157 Å². The molecule has 138 valence electrons. The number of hydrogen-bond donors (Lipinski definition) is 1. The van der Waals surface area contributed by atoms with Crippen molar-refractivity contribution in [1.82, 2.24) is 20.4 Å². The molecule has 0 aliphatic carbocycles. The first-order valence-electron chi connectivity index (χ1n) is 9.11. The quantitative estimate of drug-likeness (QED) is 0.749. The molecule has 1 atom stereocenters. The summed E-state index contributed by atoms with van der Waals surface area (Å²) in [6, 6.07) is 13.3. The first-order valence-corrected chi connectivity index (χ1v) is 9.11. The molecule has 0 saturated carbocycles. The van der Waals surface area contributed by atoms with Gasteiger partial charge in [0.05, 0.1) is 6.04 Å². The lowest BCUT2D eigenvalue weighted by Crippen LogP contribution is -2.26. The van der Waals surface area contributed by atoms with Crippen LogP contribution in [0.1, 0.15) is 42.1 Å². The van der Waals surface area contributed by atoms with Gasteiger partial charge in [-0.2, -0.15) is 4.98 Å². The van der Waals surface area contributed by atoms with Crippen molar-refractivity contribution in [2.45, 2.75) is 25.8 Å². The van der Waals surface area contributed by atoms with Gasteiger partial charge in [-0.05, 0) is 37.5 Å². The largest absolute Gasteiger partial charge is 0.357 e. The molecule has 1 aliphatic heterocycles. The number of anilines is 1. The van der Waals surface area contributed by atoms with Crippen molar-refractivity contribution >= 4 is 11.7 Å². The predicted molar refractivity (Wildman–Crippen MR) is 101 cm³/mol. The standard InChI is InChI=1S/C20H21N5O2/c1-14(15-7-3-2-4-8-15)22-19(26)20-23-18(24-27-20)16-9-10-21-17(13-16)25-11-5-6-12-25/h2-4,7-10,13-14H,5-6,11-12H2,1H3,(H,22,26). The van der Waals surface area contributed by atoms with E-state index in [4.69, 9.17) is 4.52 Å². The minimum absolute atomic E-state index is 0.0488. The topological polar surface area (TPSA) is 84.2 Å². The highest BCUT2D eigenvalue weighted by molar-refractivity contribution is 5.90. The first-order chi connectivity index (χ1) is 13.2. The number of carbonyl (C=O) groups excluding carboxylic acids is 1. The molecule has 1 aliphatic rings. The molecule has 1 unspecified atom stereocenters. The van der Waals surface area contributed by atoms with Gasteiger partial charge in [-0.25, -0.2) is 4.98 Å². The molecular formula is C20H21N5O2. The van der Waals surface area contributed by atoms with Crippen molar-refractivity contribution in [2.75, 3.05) is 18.0 Å². The third-order valence-electron chi connectivity index (χ3n) is 4.70. The van der Waals surface area contributed by atoms with E-state index in [9.17, 15) is 4.79 Å². The van der Waals surface area contributed by atoms with Crippen LogP contribution < -0.4 is 10.2 Å². The Morgan fingerprint density at radius 1 is 1.19 bits per heavy atom. The van der Waals surface area contributed by atoms with E-state index in [2.05, 4.69) is 25.3 Å². The molecule has 1 aromatic carbocycles. The van der Waals surface area contributed by atoms with Gasteiger partial charge < -0.3 is 14.7 Å². The number of amides is 1. The maximum Gasteiger partial charge on any atom is 0.316 e. The van der Waals surface area contributed by atoms with Crippen LogP contribution in [0, 0.1) is 0 Å². The minimum Gasteiger partial charge on any atom is -0.357 e. The second-order valence-corrected chi connectivity index (χ2v) is 6.63. The third kappa shape index (κ3) is 3.81. The Morgan fingerprint density at radius 2 is 1.96 bits per heavy atom. The Morgan fingerprint density at radius 3 is 2.74 bits per heavy atom. The SMILES string of the molecule is CC(NC(=O)c1nc(-c2ccnc(N3CCCC3)c2)no1)c1ccccc1. The number of nitrogens with one attached hydrogen (secondary N) is 1. The maximum absolute atomic E-state index is 12.4. The first kappa shape index (κ1) is 17.2. The Bertz CT molecular complexity index is 919. The van der Waals surface area contributed by atoms with Crippen LogP contribution in [0.2, 0.25) is 0 Å². The predicted octanol–water partition coefficient (Wildman–Crippen LogP) is 3.22. The average molecular weight is 363 g/mol. The van der Waals surface area contributed by atoms with Crippen LogP contribution in [0.25, 0.3) is 11.4 Å². The van der Waals surface area contributed by atoms with E-state index in [1.165, 1.54) is 12.8 Å². The highest BCUT2D eigenvalue weighted by Gasteiger charge is 2.20. The average Bonchev–Trinajstić information content (AvgIpc) is 3.41. The van der Waals surface area contributed by atoms with Gasteiger partial charge in [0.25, 0.3) is 0 Å². The highest BCUT2D eigenvalue weighted by Crippen LogP contribution is 2.23. The summed E-state index contributed by atoms with van der Waals surface area (Å²) in [7, 11) is 0. The summed E-state index contributed by atoms with van der Waals surface area (Å²) in [5.74, 6) is 0.847. The molecule has 0 bridgehead atoms. The molecule has 0 spiro atoms. The van der Waals surface area contributed by atoms with Crippen molar-refractivity contribution < 1.29 is 9.32 Å². The van der Waals surface area contributed by atoms with Crippen LogP contribution >= 0.6 is 0 Å². The molecule has 3 aromatic rings. The summed E-state index contributed by atoms with van der Waals surface area (Å²) in [6.45, 7) is 3.93. The van der Waals surface area contributed by atoms with Crippen LogP contribution in [0.3, 0.4) is 0 Å². The molecule has 1 saturated heterocycles. The van der Waals surface area contributed by atoms with Crippen LogP contribution in [0.15, 0.2) is 53.2 Å². The summed E-state index contributed by atoms with van der Waals surface area (Å²) in [6.07, 6.45) is 4.09. The van der Waals surface area contributed by atoms with Crippen molar-refractivity contribution in [1.29, 1.82) is 0 Å². The van der Waals surface area contributed by atoms with E-state index in [1.54, 1.807) is 6.20 Å². The van der Waals surface area contributed by atoms with Gasteiger partial charge in [0.15, 0.2) is 0 Å². The minimum atomic E-state index is -0.390. The Balaban J connectivity index is 1.48. The number of rotatable bonds is 5. The molecule has 4 rings (SSSR count). The Kier molecular flexibility index (Phi) is 4.82. The lowest BCUT2D eigenvalue weighted by atomic mass is 10.1. The lowest BCUT2D eigenvalue weighted by Gasteiger charge is -2.16. The van der Waals surface area contributed by atoms with Gasteiger partial charge >= 0.3 is 11.8 Å². The van der Waals surface area contributed by atoms with Crippen LogP contribution in [-0.4, -0.2) is 34.1 Å². The molecule has 7 heteroatoms. The fraction of sp³-hybridized carbons (Fsp3) is 0.300. The zero-order chi connectivity index (χ0) is 18.6. The summed E-state index contributed by atoms with van der Waals surface area (Å²) < 4.78 is 5.18. The smallest absolute Gasteiger partial charge is 0.316 e.